The molecule has 1 fully saturated rings. The molecular formula is C48H66N4O9. The van der Waals surface area contributed by atoms with Gasteiger partial charge in [-0.05, 0) is 86.8 Å². The molecule has 4 rings (SSSR count). The van der Waals surface area contributed by atoms with Gasteiger partial charge in [0.2, 0.25) is 17.7 Å². The molecule has 0 unspecified atom stereocenters. The fourth-order valence-corrected chi connectivity index (χ4v) is 7.71. The molecule has 0 heterocycles. The van der Waals surface area contributed by atoms with Crippen LogP contribution in [0.5, 0.6) is 5.75 Å². The molecular weight excluding hydrogens is 777 g/mol. The minimum Gasteiger partial charge on any atom is -0.497 e. The highest BCUT2D eigenvalue weighted by Crippen LogP contribution is 2.36. The van der Waals surface area contributed by atoms with Crippen molar-refractivity contribution in [3.8, 4) is 5.75 Å². The Morgan fingerprint density at radius 3 is 2.15 bits per heavy atom. The first-order valence-electron chi connectivity index (χ1n) is 21.3. The molecule has 0 saturated heterocycles. The van der Waals surface area contributed by atoms with Gasteiger partial charge in [0.1, 0.15) is 41.3 Å². The fraction of sp³-hybridized carbons (Fsp3) is 0.521. The Bertz CT molecular complexity index is 1950. The number of methoxy groups -OCH3 is 2. The Balaban J connectivity index is 1.74. The topological polar surface area (TPSA) is 184 Å². The Morgan fingerprint density at radius 1 is 0.902 bits per heavy atom. The van der Waals surface area contributed by atoms with Crippen molar-refractivity contribution in [3.63, 3.8) is 0 Å². The number of amides is 3. The molecule has 13 nitrogen and oxygen atoms in total. The van der Waals surface area contributed by atoms with Crippen LogP contribution in [-0.4, -0.2) is 73.7 Å². The standard InChI is InChI=1S/C48H66N4O9/c1-11-18-38(45(56)61-48(6,7)8)50-42(53)35-26-33(60-39(25-29(2)30-19-14-12-15-20-30)34-24-23-32(58-9)28-37(34)49)27-36(35)43(54)52-41(47(3,4)5)44(55)51-40(46(57)59-10)31-21-16-13-17-22-31/h12,14-15,19-20,23-25,27-28,31,33,35,38,40-41H,2,11,13,16-18,21-22,26,49H2,1,3-10H3,(H,50,53)(H,51,55)(H,52,54)/b39-25+/t33-,35-,38-,40-,41+/m0/s1. The van der Waals surface area contributed by atoms with E-state index in [1.54, 1.807) is 71.9 Å². The van der Waals surface area contributed by atoms with Crippen molar-refractivity contribution in [2.45, 2.75) is 130 Å². The van der Waals surface area contributed by atoms with Crippen LogP contribution >= 0.6 is 0 Å². The van der Waals surface area contributed by atoms with Crippen LogP contribution in [0.1, 0.15) is 111 Å². The summed E-state index contributed by atoms with van der Waals surface area (Å²) in [6.45, 7) is 16.8. The summed E-state index contributed by atoms with van der Waals surface area (Å²) in [5.41, 5.74) is 7.30. The zero-order valence-corrected chi connectivity index (χ0v) is 37.4. The first-order chi connectivity index (χ1) is 28.8. The second-order valence-corrected chi connectivity index (χ2v) is 18.0. The predicted molar refractivity (Wildman–Crippen MR) is 237 cm³/mol. The number of ether oxygens (including phenoxy) is 4. The predicted octanol–water partition coefficient (Wildman–Crippen LogP) is 7.06. The Kier molecular flexibility index (Phi) is 16.8. The van der Waals surface area contributed by atoms with Gasteiger partial charge in [0, 0.05) is 29.3 Å². The van der Waals surface area contributed by atoms with Gasteiger partial charge in [-0.25, -0.2) is 9.59 Å². The number of nitrogens with one attached hydrogen (secondary N) is 3. The third kappa shape index (κ3) is 13.5. The average Bonchev–Trinajstić information content (AvgIpc) is 3.64. The largest absolute Gasteiger partial charge is 0.497 e. The van der Waals surface area contributed by atoms with Gasteiger partial charge in [0.05, 0.1) is 20.1 Å². The van der Waals surface area contributed by atoms with Crippen molar-refractivity contribution in [3.05, 3.63) is 84.0 Å². The van der Waals surface area contributed by atoms with Crippen LogP contribution in [0.3, 0.4) is 0 Å². The van der Waals surface area contributed by atoms with E-state index in [0.717, 1.165) is 37.7 Å². The molecule has 2 aliphatic carbocycles. The zero-order chi connectivity index (χ0) is 45.1. The maximum Gasteiger partial charge on any atom is 0.329 e. The van der Waals surface area contributed by atoms with Crippen LogP contribution in [0.4, 0.5) is 5.69 Å². The van der Waals surface area contributed by atoms with Crippen molar-refractivity contribution in [2.75, 3.05) is 20.0 Å². The number of esters is 2. The molecule has 0 spiro atoms. The van der Waals surface area contributed by atoms with Crippen LogP contribution in [0.25, 0.3) is 11.3 Å². The van der Waals surface area contributed by atoms with Gasteiger partial charge in [-0.15, -0.1) is 0 Å². The van der Waals surface area contributed by atoms with Crippen LogP contribution in [0, 0.1) is 17.3 Å². The quantitative estimate of drug-likeness (QED) is 0.0557. The van der Waals surface area contributed by atoms with Crippen molar-refractivity contribution in [1.29, 1.82) is 0 Å². The van der Waals surface area contributed by atoms with Crippen LogP contribution in [-0.2, 0) is 38.2 Å². The van der Waals surface area contributed by atoms with E-state index >= 15 is 0 Å². The number of nitrogens with two attached hydrogens (primary N) is 1. The molecule has 3 amide bonds. The van der Waals surface area contributed by atoms with Crippen LogP contribution in [0.2, 0.25) is 0 Å². The highest BCUT2D eigenvalue weighted by Gasteiger charge is 2.43. The maximum absolute atomic E-state index is 14.6. The van der Waals surface area contributed by atoms with Gasteiger partial charge in [-0.1, -0.05) is 90.3 Å². The maximum atomic E-state index is 14.6. The number of anilines is 1. The smallest absolute Gasteiger partial charge is 0.329 e. The van der Waals surface area contributed by atoms with Gasteiger partial charge < -0.3 is 40.6 Å². The number of benzene rings is 2. The third-order valence-electron chi connectivity index (χ3n) is 10.9. The van der Waals surface area contributed by atoms with E-state index in [1.165, 1.54) is 14.2 Å². The average molecular weight is 843 g/mol. The van der Waals surface area contributed by atoms with E-state index in [-0.39, 0.29) is 17.9 Å². The van der Waals surface area contributed by atoms with Crippen molar-refractivity contribution in [2.24, 2.45) is 17.3 Å². The number of allylic oxidation sites excluding steroid dienone is 2. The van der Waals surface area contributed by atoms with Gasteiger partial charge in [0.25, 0.3) is 0 Å². The molecule has 13 heteroatoms. The number of rotatable bonds is 17. The molecule has 1 saturated carbocycles. The molecule has 2 aromatic rings. The summed E-state index contributed by atoms with van der Waals surface area (Å²) in [5, 5.41) is 8.66. The lowest BCUT2D eigenvalue weighted by atomic mass is 9.82. The van der Waals surface area contributed by atoms with E-state index in [2.05, 4.69) is 22.5 Å². The second kappa shape index (κ2) is 21.3. The normalized spacial score (nSPS) is 18.7. The number of hydrogen-bond acceptors (Lipinski definition) is 10. The molecule has 332 valence electrons. The van der Waals surface area contributed by atoms with Crippen LogP contribution in [0.15, 0.2) is 72.8 Å². The van der Waals surface area contributed by atoms with E-state index in [9.17, 15) is 24.0 Å². The monoisotopic (exact) mass is 842 g/mol. The van der Waals surface area contributed by atoms with Gasteiger partial charge in [-0.3, -0.25) is 14.4 Å². The molecule has 5 atom stereocenters. The lowest BCUT2D eigenvalue weighted by Crippen LogP contribution is -2.58. The van der Waals surface area contributed by atoms with Crippen molar-refractivity contribution < 1.29 is 42.9 Å². The van der Waals surface area contributed by atoms with Gasteiger partial charge in [0.15, 0.2) is 0 Å². The highest BCUT2D eigenvalue weighted by atomic mass is 16.6. The van der Waals surface area contributed by atoms with Crippen LogP contribution < -0.4 is 26.4 Å². The summed E-state index contributed by atoms with van der Waals surface area (Å²) >= 11 is 0. The third-order valence-corrected chi connectivity index (χ3v) is 10.9. The second-order valence-electron chi connectivity index (χ2n) is 18.0. The summed E-state index contributed by atoms with van der Waals surface area (Å²) in [7, 11) is 2.83. The Labute approximate surface area is 361 Å². The summed E-state index contributed by atoms with van der Waals surface area (Å²) in [5.74, 6) is -3.29. The molecule has 2 aliphatic rings. The molecule has 0 aromatic heterocycles. The summed E-state index contributed by atoms with van der Waals surface area (Å²) in [6, 6.07) is 11.7. The number of nitrogen functional groups attached to an aromatic ring is 1. The molecule has 0 radical (unpaired) electrons. The summed E-state index contributed by atoms with van der Waals surface area (Å²) in [6.07, 6.45) is 7.79. The van der Waals surface area contributed by atoms with E-state index < -0.39 is 70.8 Å². The lowest BCUT2D eigenvalue weighted by Gasteiger charge is -2.34. The van der Waals surface area contributed by atoms with E-state index in [4.69, 9.17) is 24.7 Å². The van der Waals surface area contributed by atoms with E-state index in [0.29, 0.717) is 41.2 Å². The molecule has 0 bridgehead atoms. The molecule has 61 heavy (non-hydrogen) atoms. The fourth-order valence-electron chi connectivity index (χ4n) is 7.71. The highest BCUT2D eigenvalue weighted by molar-refractivity contribution is 6.04. The Hall–Kier alpha value is -5.59. The lowest BCUT2D eigenvalue weighted by molar-refractivity contribution is -0.159. The van der Waals surface area contributed by atoms with Crippen molar-refractivity contribution in [1.82, 2.24) is 16.0 Å². The first-order valence-corrected chi connectivity index (χ1v) is 21.3. The minimum atomic E-state index is -1.13. The SMILES string of the molecule is C=C(/C=C(/O[C@@H]1C=C(C(=O)N[C@H](C(=O)N[C@H](C(=O)OC)C2CCCCC2)C(C)(C)C)[C@@H](C(=O)N[C@@H](CCC)C(=O)OC(C)(C)C)C1)c1ccc(OC)cc1N)c1ccccc1. The van der Waals surface area contributed by atoms with Gasteiger partial charge >= 0.3 is 11.9 Å². The molecule has 5 N–H and O–H groups in total. The zero-order valence-electron chi connectivity index (χ0n) is 37.4. The number of carbonyl (C=O) groups is 5. The number of carbonyl (C=O) groups excluding carboxylic acids is 5. The van der Waals surface area contributed by atoms with Crippen molar-refractivity contribution >= 4 is 46.7 Å². The summed E-state index contributed by atoms with van der Waals surface area (Å²) < 4.78 is 22.8. The molecule has 2 aromatic carbocycles. The van der Waals surface area contributed by atoms with Gasteiger partial charge in [-0.2, -0.15) is 0 Å². The minimum absolute atomic E-state index is 0.00540. The Morgan fingerprint density at radius 2 is 1.57 bits per heavy atom. The first kappa shape index (κ1) is 48.1. The van der Waals surface area contributed by atoms with E-state index in [1.807, 2.05) is 37.3 Å². The number of hydrogen-bond donors (Lipinski definition) is 4. The summed E-state index contributed by atoms with van der Waals surface area (Å²) in [4.78, 5) is 69.4. The molecule has 0 aliphatic heterocycles.